The third kappa shape index (κ3) is 6.87. The average molecular weight is 659 g/mol. The van der Waals surface area contributed by atoms with E-state index < -0.39 is 39.7 Å². The standard InChI is InChI=1S/C37H40F6N2O2/c1-21-17-31(46-25-13-9-23(44)10-14-25)29(33(3,4)5)19-27(21)35(36(38,39)40,37(41,42)43)28-20-30(34(6,7)8)32(18-22(28)2)47-26-15-11-24(45)12-16-26/h9-20H,44-45H2,1-8H3. The quantitative estimate of drug-likeness (QED) is 0.160. The Morgan fingerprint density at radius 1 is 0.468 bits per heavy atom. The van der Waals surface area contributed by atoms with Gasteiger partial charge in [0.25, 0.3) is 0 Å². The predicted molar refractivity (Wildman–Crippen MR) is 175 cm³/mol. The van der Waals surface area contributed by atoms with Crippen molar-refractivity contribution in [2.45, 2.75) is 84.0 Å². The van der Waals surface area contributed by atoms with Gasteiger partial charge in [-0.3, -0.25) is 0 Å². The van der Waals surface area contributed by atoms with Crippen LogP contribution in [0.3, 0.4) is 0 Å². The molecule has 252 valence electrons. The van der Waals surface area contributed by atoms with Gasteiger partial charge in [0, 0.05) is 22.5 Å². The number of hydrogen-bond acceptors (Lipinski definition) is 4. The van der Waals surface area contributed by atoms with E-state index in [2.05, 4.69) is 0 Å². The van der Waals surface area contributed by atoms with Crippen molar-refractivity contribution in [3.63, 3.8) is 0 Å². The van der Waals surface area contributed by atoms with E-state index in [1.54, 1.807) is 90.1 Å². The average Bonchev–Trinajstić information content (AvgIpc) is 2.91. The molecule has 0 saturated heterocycles. The lowest BCUT2D eigenvalue weighted by atomic mass is 9.67. The number of ether oxygens (including phenoxy) is 2. The van der Waals surface area contributed by atoms with Crippen molar-refractivity contribution in [2.24, 2.45) is 0 Å². The molecule has 0 aliphatic heterocycles. The molecule has 4 N–H and O–H groups in total. The molecule has 47 heavy (non-hydrogen) atoms. The van der Waals surface area contributed by atoms with E-state index >= 15 is 26.3 Å². The molecule has 0 bridgehead atoms. The first-order valence-electron chi connectivity index (χ1n) is 15.0. The monoisotopic (exact) mass is 658 g/mol. The Labute approximate surface area is 271 Å². The Hall–Kier alpha value is -4.34. The van der Waals surface area contributed by atoms with E-state index in [0.29, 0.717) is 22.9 Å². The molecule has 0 atom stereocenters. The highest BCUT2D eigenvalue weighted by molar-refractivity contribution is 5.59. The lowest BCUT2D eigenvalue weighted by Gasteiger charge is -2.41. The molecule has 4 aromatic rings. The van der Waals surface area contributed by atoms with Crippen LogP contribution in [-0.4, -0.2) is 12.4 Å². The van der Waals surface area contributed by atoms with Crippen molar-refractivity contribution in [1.82, 2.24) is 0 Å². The van der Waals surface area contributed by atoms with Gasteiger partial charge in [-0.2, -0.15) is 26.3 Å². The SMILES string of the molecule is Cc1cc(Oc2ccc(N)cc2)c(C(C)(C)C)cc1C(c1cc(C(C)(C)C)c(Oc2ccc(N)cc2)cc1C)(C(F)(F)F)C(F)(F)F. The van der Waals surface area contributed by atoms with Gasteiger partial charge in [-0.15, -0.1) is 0 Å². The van der Waals surface area contributed by atoms with Crippen molar-refractivity contribution < 1.29 is 35.8 Å². The summed E-state index contributed by atoms with van der Waals surface area (Å²) in [7, 11) is 0. The number of anilines is 2. The number of benzene rings is 4. The Kier molecular flexibility index (Phi) is 9.09. The number of rotatable bonds is 6. The normalized spacial score (nSPS) is 13.1. The predicted octanol–water partition coefficient (Wildman–Crippen LogP) is 11.1. The molecule has 10 heteroatoms. The zero-order valence-electron chi connectivity index (χ0n) is 27.7. The van der Waals surface area contributed by atoms with Crippen LogP contribution in [0.1, 0.15) is 74.9 Å². The highest BCUT2D eigenvalue weighted by atomic mass is 19.4. The number of hydrogen-bond donors (Lipinski definition) is 2. The first kappa shape index (κ1) is 35.5. The Morgan fingerprint density at radius 2 is 0.766 bits per heavy atom. The van der Waals surface area contributed by atoms with Crippen molar-refractivity contribution in [3.8, 4) is 23.0 Å². The molecule has 0 amide bonds. The molecular formula is C37H40F6N2O2. The summed E-state index contributed by atoms with van der Waals surface area (Å²) < 4.78 is 106. The second-order valence-electron chi connectivity index (χ2n) is 13.9. The van der Waals surface area contributed by atoms with Crippen LogP contribution in [0, 0.1) is 13.8 Å². The third-order valence-corrected chi connectivity index (χ3v) is 8.14. The first-order valence-corrected chi connectivity index (χ1v) is 15.0. The first-order chi connectivity index (χ1) is 21.5. The number of halogens is 6. The zero-order valence-corrected chi connectivity index (χ0v) is 27.7. The molecule has 0 aliphatic rings. The summed E-state index contributed by atoms with van der Waals surface area (Å²) in [4.78, 5) is 0. The van der Waals surface area contributed by atoms with E-state index in [9.17, 15) is 0 Å². The summed E-state index contributed by atoms with van der Waals surface area (Å²) in [5, 5.41) is 0. The van der Waals surface area contributed by atoms with Gasteiger partial charge < -0.3 is 20.9 Å². The van der Waals surface area contributed by atoms with Gasteiger partial charge in [0.15, 0.2) is 0 Å². The van der Waals surface area contributed by atoms with E-state index in [1.807, 2.05) is 0 Å². The number of alkyl halides is 6. The van der Waals surface area contributed by atoms with Crippen molar-refractivity contribution >= 4 is 11.4 Å². The maximum Gasteiger partial charge on any atom is 0.411 e. The van der Waals surface area contributed by atoms with Gasteiger partial charge in [-0.1, -0.05) is 41.5 Å². The zero-order chi connectivity index (χ0) is 35.3. The van der Waals surface area contributed by atoms with Crippen LogP contribution < -0.4 is 20.9 Å². The minimum Gasteiger partial charge on any atom is -0.457 e. The summed E-state index contributed by atoms with van der Waals surface area (Å²) in [6.07, 6.45) is -11.6. The van der Waals surface area contributed by atoms with Gasteiger partial charge in [0.1, 0.15) is 23.0 Å². The van der Waals surface area contributed by atoms with E-state index in [0.717, 1.165) is 12.1 Å². The van der Waals surface area contributed by atoms with E-state index in [4.69, 9.17) is 20.9 Å². The van der Waals surface area contributed by atoms with Crippen LogP contribution in [-0.2, 0) is 16.2 Å². The van der Waals surface area contributed by atoms with Crippen molar-refractivity contribution in [1.29, 1.82) is 0 Å². The fraction of sp³-hybridized carbons (Fsp3) is 0.351. The van der Waals surface area contributed by atoms with Gasteiger partial charge in [0.05, 0.1) is 0 Å². The van der Waals surface area contributed by atoms with Crippen LogP contribution in [0.25, 0.3) is 0 Å². The minimum atomic E-state index is -5.80. The summed E-state index contributed by atoms with van der Waals surface area (Å²) in [5.74, 6) is 0.941. The highest BCUT2D eigenvalue weighted by Crippen LogP contribution is 2.59. The summed E-state index contributed by atoms with van der Waals surface area (Å²) in [6.45, 7) is 12.7. The number of aryl methyl sites for hydroxylation is 2. The van der Waals surface area contributed by atoms with E-state index in [-0.39, 0.29) is 33.8 Å². The minimum absolute atomic E-state index is 0.140. The van der Waals surface area contributed by atoms with Crippen molar-refractivity contribution in [2.75, 3.05) is 11.5 Å². The second-order valence-corrected chi connectivity index (χ2v) is 13.9. The molecule has 0 saturated carbocycles. The third-order valence-electron chi connectivity index (χ3n) is 8.14. The molecule has 0 unspecified atom stereocenters. The largest absolute Gasteiger partial charge is 0.457 e. The maximum atomic E-state index is 15.6. The second kappa shape index (κ2) is 12.0. The van der Waals surface area contributed by atoms with Crippen LogP contribution in [0.15, 0.2) is 72.8 Å². The molecule has 4 nitrogen and oxygen atoms in total. The van der Waals surface area contributed by atoms with Crippen molar-refractivity contribution in [3.05, 3.63) is 106 Å². The lowest BCUT2D eigenvalue weighted by molar-refractivity contribution is -0.289. The maximum absolute atomic E-state index is 15.6. The van der Waals surface area contributed by atoms with E-state index in [1.165, 1.54) is 26.0 Å². The Balaban J connectivity index is 2.07. The van der Waals surface area contributed by atoms with Crippen LogP contribution in [0.5, 0.6) is 23.0 Å². The number of nitrogens with two attached hydrogens (primary N) is 2. The molecule has 4 rings (SSSR count). The Bertz CT molecular complexity index is 1610. The summed E-state index contributed by atoms with van der Waals surface area (Å²) in [5.41, 5.74) is 4.27. The summed E-state index contributed by atoms with van der Waals surface area (Å²) >= 11 is 0. The van der Waals surface area contributed by atoms with Gasteiger partial charge in [-0.25, -0.2) is 0 Å². The molecule has 0 aromatic heterocycles. The molecule has 0 aliphatic carbocycles. The van der Waals surface area contributed by atoms with Crippen LogP contribution in [0.4, 0.5) is 37.7 Å². The molecule has 0 radical (unpaired) electrons. The molecule has 4 aromatic carbocycles. The smallest absolute Gasteiger partial charge is 0.411 e. The van der Waals surface area contributed by atoms with Crippen LogP contribution >= 0.6 is 0 Å². The molecule has 0 heterocycles. The number of nitrogen functional groups attached to an aromatic ring is 2. The van der Waals surface area contributed by atoms with Gasteiger partial charge >= 0.3 is 12.4 Å². The summed E-state index contributed by atoms with van der Waals surface area (Å²) in [6, 6.07) is 17.1. The van der Waals surface area contributed by atoms with Gasteiger partial charge in [-0.05, 0) is 120 Å². The topological polar surface area (TPSA) is 70.5 Å². The highest BCUT2D eigenvalue weighted by Gasteiger charge is 2.73. The molecular weight excluding hydrogens is 618 g/mol. The Morgan fingerprint density at radius 3 is 1.02 bits per heavy atom. The van der Waals surface area contributed by atoms with Gasteiger partial charge in [0.2, 0.25) is 5.41 Å². The fourth-order valence-electron chi connectivity index (χ4n) is 5.75. The molecule has 0 fully saturated rings. The fourth-order valence-corrected chi connectivity index (χ4v) is 5.75. The van der Waals surface area contributed by atoms with Crippen LogP contribution in [0.2, 0.25) is 0 Å². The molecule has 0 spiro atoms. The lowest BCUT2D eigenvalue weighted by Crippen LogP contribution is -2.55.